The smallest absolute Gasteiger partial charge is 0.0113 e. The molecule has 0 amide bonds. The molecule has 2 N–H and O–H groups in total. The van der Waals surface area contributed by atoms with Gasteiger partial charge in [0.05, 0.1) is 0 Å². The molecule has 0 aliphatic heterocycles. The number of nitrogens with zero attached hydrogens (tertiary/aromatic N) is 1. The summed E-state index contributed by atoms with van der Waals surface area (Å²) < 4.78 is 0. The first kappa shape index (κ1) is 17.0. The van der Waals surface area contributed by atoms with Crippen molar-refractivity contribution < 1.29 is 0 Å². The lowest BCUT2D eigenvalue weighted by Crippen LogP contribution is -2.43. The Morgan fingerprint density at radius 3 is 2.36 bits per heavy atom. The van der Waals surface area contributed by atoms with Crippen molar-refractivity contribution in [1.29, 1.82) is 0 Å². The van der Waals surface area contributed by atoms with Gasteiger partial charge in [-0.05, 0) is 49.3 Å². The Kier molecular flexibility index (Phi) is 5.60. The average Bonchev–Trinajstić information content (AvgIpc) is 2.55. The van der Waals surface area contributed by atoms with Gasteiger partial charge in [0.2, 0.25) is 0 Å². The van der Waals surface area contributed by atoms with E-state index in [1.165, 1.54) is 16.3 Å². The predicted octanol–water partition coefficient (Wildman–Crippen LogP) is 4.03. The molecular weight excluding hydrogens is 268 g/mol. The summed E-state index contributed by atoms with van der Waals surface area (Å²) in [6.07, 6.45) is 2.25. The average molecular weight is 298 g/mol. The summed E-state index contributed by atoms with van der Waals surface area (Å²) in [4.78, 5) is 2.26. The Hall–Kier alpha value is -1.38. The van der Waals surface area contributed by atoms with Crippen LogP contribution in [0.5, 0.6) is 0 Å². The first-order chi connectivity index (χ1) is 10.5. The Morgan fingerprint density at radius 2 is 1.77 bits per heavy atom. The van der Waals surface area contributed by atoms with Crippen LogP contribution < -0.4 is 5.73 Å². The third-order valence-electron chi connectivity index (χ3n) is 5.25. The molecule has 2 aromatic carbocycles. The molecule has 2 heteroatoms. The lowest BCUT2D eigenvalue weighted by molar-refractivity contribution is 0.235. The minimum atomic E-state index is 0.0586. The van der Waals surface area contributed by atoms with Gasteiger partial charge in [0, 0.05) is 12.0 Å². The number of benzene rings is 2. The summed E-state index contributed by atoms with van der Waals surface area (Å²) in [7, 11) is 4.27. The second-order valence-electron chi connectivity index (χ2n) is 6.78. The summed E-state index contributed by atoms with van der Waals surface area (Å²) in [5.41, 5.74) is 7.78. The molecule has 0 aliphatic carbocycles. The zero-order valence-electron chi connectivity index (χ0n) is 14.5. The SMILES string of the molecule is CC[C@H](C)[C@](CN)(CCN(C)C)c1ccc2ccccc2c1. The molecule has 22 heavy (non-hydrogen) atoms. The van der Waals surface area contributed by atoms with Crippen LogP contribution in [0.15, 0.2) is 42.5 Å². The van der Waals surface area contributed by atoms with E-state index in [1.54, 1.807) is 0 Å². The Labute approximate surface area is 135 Å². The van der Waals surface area contributed by atoms with E-state index in [4.69, 9.17) is 5.73 Å². The summed E-state index contributed by atoms with van der Waals surface area (Å²) >= 11 is 0. The van der Waals surface area contributed by atoms with Crippen molar-refractivity contribution in [3.05, 3.63) is 48.0 Å². The largest absolute Gasteiger partial charge is 0.330 e. The zero-order valence-corrected chi connectivity index (χ0v) is 14.5. The van der Waals surface area contributed by atoms with E-state index in [9.17, 15) is 0 Å². The molecule has 0 aromatic heterocycles. The minimum absolute atomic E-state index is 0.0586. The Morgan fingerprint density at radius 1 is 1.09 bits per heavy atom. The summed E-state index contributed by atoms with van der Waals surface area (Å²) in [5, 5.41) is 2.61. The summed E-state index contributed by atoms with van der Waals surface area (Å²) in [6, 6.07) is 15.5. The number of hydrogen-bond donors (Lipinski definition) is 1. The van der Waals surface area contributed by atoms with E-state index in [-0.39, 0.29) is 5.41 Å². The van der Waals surface area contributed by atoms with Crippen LogP contribution >= 0.6 is 0 Å². The molecule has 0 radical (unpaired) electrons. The van der Waals surface area contributed by atoms with Gasteiger partial charge in [-0.2, -0.15) is 0 Å². The van der Waals surface area contributed by atoms with Gasteiger partial charge in [-0.25, -0.2) is 0 Å². The van der Waals surface area contributed by atoms with Crippen LogP contribution in [-0.4, -0.2) is 32.1 Å². The van der Waals surface area contributed by atoms with Gasteiger partial charge in [0.15, 0.2) is 0 Å². The van der Waals surface area contributed by atoms with E-state index < -0.39 is 0 Å². The maximum absolute atomic E-state index is 6.33. The molecule has 0 unspecified atom stereocenters. The van der Waals surface area contributed by atoms with Gasteiger partial charge in [-0.15, -0.1) is 0 Å². The van der Waals surface area contributed by atoms with Crippen LogP contribution in [0.1, 0.15) is 32.3 Å². The Balaban J connectivity index is 2.48. The second-order valence-corrected chi connectivity index (χ2v) is 6.78. The van der Waals surface area contributed by atoms with Crippen molar-refractivity contribution in [2.45, 2.75) is 32.1 Å². The summed E-state index contributed by atoms with van der Waals surface area (Å²) in [6.45, 7) is 6.38. The van der Waals surface area contributed by atoms with Gasteiger partial charge in [0.25, 0.3) is 0 Å². The normalized spacial score (nSPS) is 15.9. The molecule has 0 saturated heterocycles. The first-order valence-corrected chi connectivity index (χ1v) is 8.37. The van der Waals surface area contributed by atoms with Crippen LogP contribution in [0.25, 0.3) is 10.8 Å². The fourth-order valence-corrected chi connectivity index (χ4v) is 3.41. The van der Waals surface area contributed by atoms with Crippen LogP contribution in [0, 0.1) is 5.92 Å². The van der Waals surface area contributed by atoms with Crippen molar-refractivity contribution in [2.75, 3.05) is 27.2 Å². The quantitative estimate of drug-likeness (QED) is 0.836. The van der Waals surface area contributed by atoms with Crippen LogP contribution in [0.3, 0.4) is 0 Å². The maximum atomic E-state index is 6.33. The predicted molar refractivity (Wildman–Crippen MR) is 97.3 cm³/mol. The van der Waals surface area contributed by atoms with Crippen molar-refractivity contribution in [3.8, 4) is 0 Å². The van der Waals surface area contributed by atoms with Crippen molar-refractivity contribution in [3.63, 3.8) is 0 Å². The van der Waals surface area contributed by atoms with Gasteiger partial charge in [-0.1, -0.05) is 62.7 Å². The summed E-state index contributed by atoms with van der Waals surface area (Å²) in [5.74, 6) is 0.568. The molecule has 0 bridgehead atoms. The molecule has 2 rings (SSSR count). The highest BCUT2D eigenvalue weighted by atomic mass is 15.0. The zero-order chi connectivity index (χ0) is 16.2. The third-order valence-corrected chi connectivity index (χ3v) is 5.25. The molecule has 120 valence electrons. The number of fused-ring (bicyclic) bond motifs is 1. The third kappa shape index (κ3) is 3.34. The fraction of sp³-hybridized carbons (Fsp3) is 0.500. The molecule has 2 aromatic rings. The van der Waals surface area contributed by atoms with Crippen molar-refractivity contribution >= 4 is 10.8 Å². The number of rotatable bonds is 7. The van der Waals surface area contributed by atoms with Crippen LogP contribution in [0.2, 0.25) is 0 Å². The lowest BCUT2D eigenvalue weighted by Gasteiger charge is -2.40. The molecule has 0 saturated carbocycles. The molecule has 0 aliphatic rings. The van der Waals surface area contributed by atoms with E-state index >= 15 is 0 Å². The van der Waals surface area contributed by atoms with E-state index in [0.29, 0.717) is 12.5 Å². The maximum Gasteiger partial charge on any atom is 0.0113 e. The molecule has 2 nitrogen and oxygen atoms in total. The topological polar surface area (TPSA) is 29.3 Å². The van der Waals surface area contributed by atoms with Crippen molar-refractivity contribution in [1.82, 2.24) is 4.90 Å². The first-order valence-electron chi connectivity index (χ1n) is 8.37. The fourth-order valence-electron chi connectivity index (χ4n) is 3.41. The van der Waals surface area contributed by atoms with E-state index in [0.717, 1.165) is 19.4 Å². The van der Waals surface area contributed by atoms with Gasteiger partial charge in [-0.3, -0.25) is 0 Å². The molecule has 0 spiro atoms. The van der Waals surface area contributed by atoms with Crippen LogP contribution in [-0.2, 0) is 5.41 Å². The monoisotopic (exact) mass is 298 g/mol. The van der Waals surface area contributed by atoms with Crippen molar-refractivity contribution in [2.24, 2.45) is 11.7 Å². The number of nitrogens with two attached hydrogens (primary N) is 1. The molecule has 0 fully saturated rings. The molecule has 2 atom stereocenters. The standard InChI is InChI=1S/C20H30N2/c1-5-16(2)20(15-21,12-13-22(3)4)19-11-10-17-8-6-7-9-18(17)14-19/h6-11,14,16H,5,12-13,15,21H2,1-4H3/t16-,20+/m0/s1. The highest BCUT2D eigenvalue weighted by molar-refractivity contribution is 5.83. The number of hydrogen-bond acceptors (Lipinski definition) is 2. The van der Waals surface area contributed by atoms with E-state index in [2.05, 4.69) is 75.3 Å². The minimum Gasteiger partial charge on any atom is -0.330 e. The van der Waals surface area contributed by atoms with Crippen LogP contribution in [0.4, 0.5) is 0 Å². The van der Waals surface area contributed by atoms with Gasteiger partial charge < -0.3 is 10.6 Å². The molecule has 0 heterocycles. The highest BCUT2D eigenvalue weighted by Gasteiger charge is 2.35. The highest BCUT2D eigenvalue weighted by Crippen LogP contribution is 2.38. The lowest BCUT2D eigenvalue weighted by atomic mass is 9.67. The molecular formula is C20H30N2. The van der Waals surface area contributed by atoms with Gasteiger partial charge >= 0.3 is 0 Å². The Bertz CT molecular complexity index is 605. The van der Waals surface area contributed by atoms with Gasteiger partial charge in [0.1, 0.15) is 0 Å². The van der Waals surface area contributed by atoms with E-state index in [1.807, 2.05) is 0 Å². The second kappa shape index (κ2) is 7.26.